The minimum absolute atomic E-state index is 0.940. The van der Waals surface area contributed by atoms with E-state index in [0.29, 0.717) is 0 Å². The molecule has 0 aliphatic rings. The third-order valence-corrected chi connectivity index (χ3v) is 3.28. The first-order valence-electron chi connectivity index (χ1n) is 6.57. The van der Waals surface area contributed by atoms with Crippen molar-refractivity contribution >= 4 is 0 Å². The summed E-state index contributed by atoms with van der Waals surface area (Å²) in [5.41, 5.74) is 0. The molecule has 0 unspecified atom stereocenters. The lowest BCUT2D eigenvalue weighted by molar-refractivity contribution is -0.519. The zero-order chi connectivity index (χ0) is 27.7. The molecule has 33 heavy (non-hydrogen) atoms. The molecular weight excluding hydrogens is 554 g/mol. The molecule has 0 aliphatic heterocycles. The van der Waals surface area contributed by atoms with Crippen LogP contribution in [0.5, 0.6) is 0 Å². The van der Waals surface area contributed by atoms with Gasteiger partial charge in [0.15, 0.2) is 0 Å². The van der Waals surface area contributed by atoms with Crippen LogP contribution in [-0.4, -0.2) is 60.1 Å². The lowest BCUT2D eigenvalue weighted by Gasteiger charge is -2.42. The van der Waals surface area contributed by atoms with Crippen molar-refractivity contribution in [3.63, 3.8) is 0 Å². The summed E-state index contributed by atoms with van der Waals surface area (Å²) >= 11 is 0. The molecule has 0 aromatic heterocycles. The van der Waals surface area contributed by atoms with E-state index in [1.807, 2.05) is 0 Å². The minimum Gasteiger partial charge on any atom is -0.243 e. The number of hydrogen-bond acceptors (Lipinski definition) is 1. The van der Waals surface area contributed by atoms with Gasteiger partial charge in [0.05, 0.1) is 0 Å². The van der Waals surface area contributed by atoms with Gasteiger partial charge in [-0.2, -0.15) is 96.6 Å². The molecule has 0 rings (SSSR count). The minimum atomic E-state index is -9.14. The molecule has 0 aromatic carbocycles. The summed E-state index contributed by atoms with van der Waals surface area (Å²) in [6.45, 7) is 0. The van der Waals surface area contributed by atoms with Crippen molar-refractivity contribution in [2.75, 3.05) is 0 Å². The molecule has 200 valence electrons. The Bertz CT molecular complexity index is 708. The monoisotopic (exact) mass is 554 g/mol. The highest BCUT2D eigenvalue weighted by atomic mass is 19.4. The lowest BCUT2D eigenvalue weighted by Crippen LogP contribution is -2.75. The summed E-state index contributed by atoms with van der Waals surface area (Å²) in [6, 6.07) is 0. The molecule has 0 aliphatic carbocycles. The van der Waals surface area contributed by atoms with Gasteiger partial charge >= 0.3 is 60.1 Å². The molecule has 0 fully saturated rings. The van der Waals surface area contributed by atoms with Crippen molar-refractivity contribution in [3.05, 3.63) is 0 Å². The Morgan fingerprint density at radius 3 is 0.727 bits per heavy atom. The fraction of sp³-hybridized carbons (Fsp3) is 1.00. The molecule has 1 nitrogen and oxygen atoms in total. The highest BCUT2D eigenvalue weighted by Crippen LogP contribution is 2.64. The van der Waals surface area contributed by atoms with Crippen LogP contribution in [0.1, 0.15) is 0 Å². The molecule has 0 heterocycles. The molecule has 0 atom stereocenters. The highest BCUT2D eigenvalue weighted by Gasteiger charge is 2.96. The van der Waals surface area contributed by atoms with E-state index in [9.17, 15) is 96.6 Å². The van der Waals surface area contributed by atoms with Crippen LogP contribution in [0, 0.1) is 0 Å². The van der Waals surface area contributed by atoms with E-state index < -0.39 is 60.1 Å². The zero-order valence-corrected chi connectivity index (χ0v) is 13.7. The Labute approximate surface area is 163 Å². The van der Waals surface area contributed by atoms with Gasteiger partial charge in [0.1, 0.15) is 0 Å². The maximum Gasteiger partial charge on any atom is 0.483 e. The van der Waals surface area contributed by atoms with Gasteiger partial charge in [-0.1, -0.05) is 0 Å². The van der Waals surface area contributed by atoms with E-state index >= 15 is 0 Å². The summed E-state index contributed by atoms with van der Waals surface area (Å²) in [4.78, 5) is 0. The first-order chi connectivity index (χ1) is 13.7. The molecule has 0 amide bonds. The van der Waals surface area contributed by atoms with Crippen molar-refractivity contribution < 1.29 is 101 Å². The third-order valence-electron chi connectivity index (χ3n) is 3.28. The van der Waals surface area contributed by atoms with Crippen LogP contribution in [0.2, 0.25) is 0 Å². The van der Waals surface area contributed by atoms with Crippen molar-refractivity contribution in [1.82, 2.24) is 0 Å². The van der Waals surface area contributed by atoms with E-state index in [1.165, 1.54) is 0 Å². The molecule has 23 heteroatoms. The quantitative estimate of drug-likeness (QED) is 0.291. The van der Waals surface area contributed by atoms with Gasteiger partial charge in [0, 0.05) is 0 Å². The molecule has 0 saturated carbocycles. The standard InChI is InChI=1S/C10F22O/c11-1(12,3(15,16)5(19,20)7(23,24)25)2(13,14)4(17,18)6(21,22)9(29,30)33-10(31,32)8(26,27)28. The van der Waals surface area contributed by atoms with E-state index in [1.54, 1.807) is 0 Å². The predicted octanol–water partition coefficient (Wildman–Crippen LogP) is 7.13. The lowest BCUT2D eigenvalue weighted by atomic mass is 9.90. The second-order valence-corrected chi connectivity index (χ2v) is 5.58. The summed E-state index contributed by atoms with van der Waals surface area (Å²) < 4.78 is 277. The Hall–Kier alpha value is -1.58. The average molecular weight is 554 g/mol. The smallest absolute Gasteiger partial charge is 0.243 e. The Morgan fingerprint density at radius 2 is 0.485 bits per heavy atom. The third kappa shape index (κ3) is 4.21. The number of ether oxygens (including phenoxy) is 1. The molecular formula is C10F22O. The van der Waals surface area contributed by atoms with Crippen LogP contribution in [0.15, 0.2) is 0 Å². The van der Waals surface area contributed by atoms with Crippen LogP contribution in [-0.2, 0) is 4.74 Å². The molecule has 0 N–H and O–H groups in total. The number of halogens is 22. The molecule has 0 bridgehead atoms. The maximum atomic E-state index is 13.1. The van der Waals surface area contributed by atoms with Crippen LogP contribution in [0.4, 0.5) is 96.6 Å². The fourth-order valence-electron chi connectivity index (χ4n) is 1.43. The van der Waals surface area contributed by atoms with Gasteiger partial charge in [-0.05, 0) is 0 Å². The first kappa shape index (κ1) is 31.4. The van der Waals surface area contributed by atoms with Crippen molar-refractivity contribution in [2.24, 2.45) is 0 Å². The largest absolute Gasteiger partial charge is 0.483 e. The summed E-state index contributed by atoms with van der Waals surface area (Å²) in [5.74, 6) is -53.4. The van der Waals surface area contributed by atoms with E-state index in [2.05, 4.69) is 0 Å². The first-order valence-corrected chi connectivity index (χ1v) is 6.57. The number of hydrogen-bond donors (Lipinski definition) is 0. The number of rotatable bonds is 8. The van der Waals surface area contributed by atoms with Gasteiger partial charge < -0.3 is 0 Å². The normalized spacial score (nSPS) is 16.9. The van der Waals surface area contributed by atoms with E-state index in [0.717, 1.165) is 4.74 Å². The van der Waals surface area contributed by atoms with Crippen molar-refractivity contribution in [3.8, 4) is 0 Å². The summed E-state index contributed by atoms with van der Waals surface area (Å²) in [5, 5.41) is 0. The second kappa shape index (κ2) is 7.46. The number of alkyl halides is 22. The average Bonchev–Trinajstić information content (AvgIpc) is 2.50. The van der Waals surface area contributed by atoms with Crippen molar-refractivity contribution in [2.45, 2.75) is 60.1 Å². The molecule has 0 aromatic rings. The summed E-state index contributed by atoms with van der Waals surface area (Å²) in [6.07, 6.45) is -31.5. The Morgan fingerprint density at radius 1 is 0.242 bits per heavy atom. The zero-order valence-electron chi connectivity index (χ0n) is 13.7. The van der Waals surface area contributed by atoms with Gasteiger partial charge in [-0.15, -0.1) is 0 Å². The SMILES string of the molecule is FC(F)(F)C(F)(F)OC(F)(F)C(F)(F)C(F)(F)C(F)(F)C(F)(F)C(F)(F)C(F)(F)C(F)(F)F. The van der Waals surface area contributed by atoms with Gasteiger partial charge in [0.25, 0.3) is 0 Å². The van der Waals surface area contributed by atoms with E-state index in [-0.39, 0.29) is 0 Å². The second-order valence-electron chi connectivity index (χ2n) is 5.58. The van der Waals surface area contributed by atoms with Crippen LogP contribution < -0.4 is 0 Å². The highest BCUT2D eigenvalue weighted by molar-refractivity contribution is 5.14. The Balaban J connectivity index is 6.77. The Kier molecular flexibility index (Phi) is 7.10. The van der Waals surface area contributed by atoms with E-state index in [4.69, 9.17) is 0 Å². The molecule has 0 spiro atoms. The van der Waals surface area contributed by atoms with Crippen LogP contribution >= 0.6 is 0 Å². The topological polar surface area (TPSA) is 9.23 Å². The van der Waals surface area contributed by atoms with Crippen LogP contribution in [0.25, 0.3) is 0 Å². The molecule has 0 saturated heterocycles. The predicted molar refractivity (Wildman–Crippen MR) is 52.8 cm³/mol. The van der Waals surface area contributed by atoms with Crippen LogP contribution in [0.3, 0.4) is 0 Å². The van der Waals surface area contributed by atoms with Gasteiger partial charge in [-0.3, -0.25) is 0 Å². The fourth-order valence-corrected chi connectivity index (χ4v) is 1.43. The molecule has 0 radical (unpaired) electrons. The van der Waals surface area contributed by atoms with Crippen molar-refractivity contribution in [1.29, 1.82) is 0 Å². The summed E-state index contributed by atoms with van der Waals surface area (Å²) in [7, 11) is 0. The van der Waals surface area contributed by atoms with Gasteiger partial charge in [0.2, 0.25) is 0 Å². The maximum absolute atomic E-state index is 13.1. The van der Waals surface area contributed by atoms with Gasteiger partial charge in [-0.25, -0.2) is 4.74 Å².